The van der Waals surface area contributed by atoms with Crippen molar-refractivity contribution in [2.45, 2.75) is 38.0 Å². The van der Waals surface area contributed by atoms with Crippen LogP contribution in [-0.2, 0) is 9.53 Å². The third-order valence-corrected chi connectivity index (χ3v) is 6.75. The predicted molar refractivity (Wildman–Crippen MR) is 105 cm³/mol. The number of β-amino-alcohol motifs (C(OH)–C–C–N with tert-alkyl or cyclic N) is 1. The average molecular weight is 447 g/mol. The van der Waals surface area contributed by atoms with Crippen molar-refractivity contribution in [1.82, 2.24) is 19.8 Å². The Hall–Kier alpha value is -1.68. The van der Waals surface area contributed by atoms with Gasteiger partial charge in [0.05, 0.1) is 23.7 Å². The topological polar surface area (TPSA) is 96.8 Å². The molecule has 0 aromatic heterocycles. The van der Waals surface area contributed by atoms with Crippen molar-refractivity contribution in [3.05, 3.63) is 21.5 Å². The molecular weight excluding hydrogens is 423 g/mol. The summed E-state index contributed by atoms with van der Waals surface area (Å²) in [7, 11) is 0. The monoisotopic (exact) mass is 446 g/mol. The molecule has 11 heteroatoms. The van der Waals surface area contributed by atoms with Crippen molar-refractivity contribution in [2.75, 3.05) is 39.3 Å². The number of halogens is 2. The van der Waals surface area contributed by atoms with Crippen LogP contribution in [0.1, 0.15) is 20.3 Å². The van der Waals surface area contributed by atoms with Crippen LogP contribution in [0.5, 0.6) is 0 Å². The molecule has 9 nitrogen and oxygen atoms in total. The number of aliphatic hydroxyl groups is 1. The van der Waals surface area contributed by atoms with Crippen LogP contribution in [0.2, 0.25) is 0 Å². The Kier molecular flexibility index (Phi) is 5.13. The molecule has 160 valence electrons. The minimum absolute atomic E-state index is 0.120. The number of hydrogen-bond acceptors (Lipinski definition) is 6. The Labute approximate surface area is 178 Å². The van der Waals surface area contributed by atoms with Crippen molar-refractivity contribution >= 4 is 35.2 Å². The number of amides is 2. The SMILES string of the molecule is CC1(C)CC(O)CN1N1CC(Cl)=C(Cl)C2=C1C(=O)N1CCN(C(=O)O)C[C@@H]1CO2. The van der Waals surface area contributed by atoms with Gasteiger partial charge < -0.3 is 24.7 Å². The molecule has 2 saturated heterocycles. The van der Waals surface area contributed by atoms with Gasteiger partial charge in [0.1, 0.15) is 11.6 Å². The third kappa shape index (κ3) is 3.43. The van der Waals surface area contributed by atoms with E-state index >= 15 is 0 Å². The van der Waals surface area contributed by atoms with Gasteiger partial charge in [-0.15, -0.1) is 0 Å². The van der Waals surface area contributed by atoms with Crippen LogP contribution < -0.4 is 0 Å². The molecule has 0 aromatic rings. The first-order valence-corrected chi connectivity index (χ1v) is 10.3. The smallest absolute Gasteiger partial charge is 0.407 e. The Morgan fingerprint density at radius 2 is 1.97 bits per heavy atom. The maximum absolute atomic E-state index is 13.6. The minimum atomic E-state index is -1.02. The number of carbonyl (C=O) groups is 2. The molecule has 4 rings (SSSR count). The van der Waals surface area contributed by atoms with Crippen molar-refractivity contribution in [1.29, 1.82) is 0 Å². The van der Waals surface area contributed by atoms with Crippen molar-refractivity contribution < 1.29 is 24.5 Å². The highest BCUT2D eigenvalue weighted by Crippen LogP contribution is 2.41. The second-order valence-electron chi connectivity index (χ2n) is 8.40. The molecule has 0 spiro atoms. The predicted octanol–water partition coefficient (Wildman–Crippen LogP) is 1.18. The van der Waals surface area contributed by atoms with E-state index in [2.05, 4.69) is 0 Å². The number of ether oxygens (including phenoxy) is 1. The van der Waals surface area contributed by atoms with E-state index in [0.717, 1.165) is 0 Å². The lowest BCUT2D eigenvalue weighted by Crippen LogP contribution is -2.59. The Morgan fingerprint density at radius 3 is 2.59 bits per heavy atom. The minimum Gasteiger partial charge on any atom is -0.487 e. The van der Waals surface area contributed by atoms with Crippen LogP contribution in [0.3, 0.4) is 0 Å². The van der Waals surface area contributed by atoms with Gasteiger partial charge in [-0.2, -0.15) is 0 Å². The zero-order valence-electron chi connectivity index (χ0n) is 16.3. The molecule has 4 heterocycles. The number of piperazine rings is 1. The normalized spacial score (nSPS) is 30.2. The number of carboxylic acid groups (broad SMARTS) is 1. The summed E-state index contributed by atoms with van der Waals surface area (Å²) < 4.78 is 5.93. The lowest BCUT2D eigenvalue weighted by molar-refractivity contribution is -0.137. The highest BCUT2D eigenvalue weighted by Gasteiger charge is 2.48. The summed E-state index contributed by atoms with van der Waals surface area (Å²) in [5.74, 6) is -0.0616. The summed E-state index contributed by atoms with van der Waals surface area (Å²) in [6.07, 6.45) is -0.992. The molecule has 2 atom stereocenters. The van der Waals surface area contributed by atoms with Crippen LogP contribution in [0.25, 0.3) is 0 Å². The van der Waals surface area contributed by atoms with Gasteiger partial charge in [-0.1, -0.05) is 23.2 Å². The van der Waals surface area contributed by atoms with E-state index in [9.17, 15) is 19.8 Å². The number of allylic oxidation sites excluding steroid dienone is 1. The molecule has 2 amide bonds. The van der Waals surface area contributed by atoms with E-state index in [0.29, 0.717) is 18.0 Å². The Morgan fingerprint density at radius 1 is 1.24 bits per heavy atom. The zero-order chi connectivity index (χ0) is 21.1. The number of rotatable bonds is 1. The third-order valence-electron chi connectivity index (χ3n) is 5.95. The van der Waals surface area contributed by atoms with Crippen LogP contribution in [0.15, 0.2) is 21.5 Å². The van der Waals surface area contributed by atoms with Gasteiger partial charge in [-0.25, -0.2) is 9.80 Å². The van der Waals surface area contributed by atoms with Crippen molar-refractivity contribution in [3.63, 3.8) is 0 Å². The first kappa shape index (κ1) is 20.6. The fourth-order valence-corrected chi connectivity index (χ4v) is 4.95. The van der Waals surface area contributed by atoms with E-state index in [-0.39, 0.29) is 55.2 Å². The quantitative estimate of drug-likeness (QED) is 0.623. The number of nitrogens with zero attached hydrogens (tertiary/aromatic N) is 4. The van der Waals surface area contributed by atoms with Crippen LogP contribution >= 0.6 is 23.2 Å². The van der Waals surface area contributed by atoms with Gasteiger partial charge in [0.25, 0.3) is 5.91 Å². The number of carbonyl (C=O) groups excluding carboxylic acids is 1. The van der Waals surface area contributed by atoms with Gasteiger partial charge in [0, 0.05) is 31.7 Å². The molecule has 4 aliphatic heterocycles. The van der Waals surface area contributed by atoms with E-state index in [4.69, 9.17) is 27.9 Å². The first-order valence-electron chi connectivity index (χ1n) is 9.53. The van der Waals surface area contributed by atoms with Crippen LogP contribution in [0, 0.1) is 0 Å². The molecule has 0 bridgehead atoms. The van der Waals surface area contributed by atoms with E-state index in [1.54, 1.807) is 9.91 Å². The molecule has 29 heavy (non-hydrogen) atoms. The summed E-state index contributed by atoms with van der Waals surface area (Å²) in [6, 6.07) is -0.416. The second kappa shape index (κ2) is 7.23. The van der Waals surface area contributed by atoms with Gasteiger partial charge >= 0.3 is 6.09 Å². The molecule has 4 aliphatic rings. The number of hydrogen-bond donors (Lipinski definition) is 2. The molecule has 0 aliphatic carbocycles. The van der Waals surface area contributed by atoms with Crippen molar-refractivity contribution in [3.8, 4) is 0 Å². The highest BCUT2D eigenvalue weighted by atomic mass is 35.5. The van der Waals surface area contributed by atoms with Crippen molar-refractivity contribution in [2.24, 2.45) is 0 Å². The van der Waals surface area contributed by atoms with Gasteiger partial charge in [-0.3, -0.25) is 9.80 Å². The maximum Gasteiger partial charge on any atom is 0.407 e. The summed E-state index contributed by atoms with van der Waals surface area (Å²) in [6.45, 7) is 5.34. The van der Waals surface area contributed by atoms with E-state index < -0.39 is 23.8 Å². The number of fused-ring (bicyclic) bond motifs is 1. The van der Waals surface area contributed by atoms with Gasteiger partial charge in [-0.05, 0) is 20.3 Å². The molecule has 2 N–H and O–H groups in total. The second-order valence-corrected chi connectivity index (χ2v) is 9.23. The summed E-state index contributed by atoms with van der Waals surface area (Å²) in [4.78, 5) is 27.9. The van der Waals surface area contributed by atoms with Crippen LogP contribution in [-0.4, -0.2) is 99.0 Å². The summed E-state index contributed by atoms with van der Waals surface area (Å²) in [5.41, 5.74) is -0.111. The first-order chi connectivity index (χ1) is 13.6. The Bertz CT molecular complexity index is 814. The molecule has 1 unspecified atom stereocenters. The summed E-state index contributed by atoms with van der Waals surface area (Å²) in [5, 5.41) is 23.8. The standard InChI is InChI=1S/C18H24Cl2N4O5/c1-18(2)5-11(25)7-24(18)23-8-12(19)13(20)15-14(23)16(26)22-4-3-21(17(27)28)6-10(22)9-29-15/h10-11,25H,3-9H2,1-2H3,(H,27,28)/t10-,11?/m1/s1. The molecular formula is C18H24Cl2N4O5. The van der Waals surface area contributed by atoms with Crippen LogP contribution in [0.4, 0.5) is 4.79 Å². The fourth-order valence-electron chi connectivity index (χ4n) is 4.54. The highest BCUT2D eigenvalue weighted by molar-refractivity contribution is 6.41. The molecule has 0 aromatic carbocycles. The van der Waals surface area contributed by atoms with Gasteiger partial charge in [0.15, 0.2) is 11.5 Å². The van der Waals surface area contributed by atoms with Gasteiger partial charge in [0.2, 0.25) is 0 Å². The lowest BCUT2D eigenvalue weighted by atomic mass is 10.0. The number of hydrazine groups is 1. The average Bonchev–Trinajstić information content (AvgIpc) is 2.84. The van der Waals surface area contributed by atoms with E-state index in [1.165, 1.54) is 4.90 Å². The Balaban J connectivity index is 1.71. The molecule has 0 radical (unpaired) electrons. The maximum atomic E-state index is 13.6. The summed E-state index contributed by atoms with van der Waals surface area (Å²) >= 11 is 12.8. The molecule has 0 saturated carbocycles. The molecule has 2 fully saturated rings. The zero-order valence-corrected chi connectivity index (χ0v) is 17.8. The fraction of sp³-hybridized carbons (Fsp3) is 0.667. The lowest BCUT2D eigenvalue weighted by Gasteiger charge is -2.45. The number of aliphatic hydroxyl groups excluding tert-OH is 1. The van der Waals surface area contributed by atoms with E-state index in [1.807, 2.05) is 18.9 Å². The largest absolute Gasteiger partial charge is 0.487 e.